The second-order valence-electron chi connectivity index (χ2n) is 3.55. The van der Waals surface area contributed by atoms with Gasteiger partial charge in [0.2, 0.25) is 0 Å². The van der Waals surface area contributed by atoms with Crippen LogP contribution >= 0.6 is 0 Å². The zero-order chi connectivity index (χ0) is 7.28. The zero-order valence-electron chi connectivity index (χ0n) is 9.30. The van der Waals surface area contributed by atoms with E-state index >= 15 is 0 Å². The third kappa shape index (κ3) is 22.6. The van der Waals surface area contributed by atoms with Gasteiger partial charge in [-0.2, -0.15) is 0 Å². The van der Waals surface area contributed by atoms with Crippen molar-refractivity contribution in [3.8, 4) is 0 Å². The van der Waals surface area contributed by atoms with Crippen molar-refractivity contribution in [2.45, 2.75) is 38.3 Å². The summed E-state index contributed by atoms with van der Waals surface area (Å²) >= 11 is 0.755. The molecule has 0 spiro atoms. The van der Waals surface area contributed by atoms with Crippen LogP contribution in [0.1, 0.15) is 27.7 Å². The fraction of sp³-hybridized carbons (Fsp3) is 1.00. The van der Waals surface area contributed by atoms with Gasteiger partial charge < -0.3 is 16.8 Å². The predicted octanol–water partition coefficient (Wildman–Crippen LogP) is -0.918. The minimum absolute atomic E-state index is 0. The maximum Gasteiger partial charge on any atom is 1.00 e. The topological polar surface area (TPSA) is 0 Å². The minimum Gasteiger partial charge on any atom is -1.00 e. The fourth-order valence-electron chi connectivity index (χ4n) is 0.763. The van der Waals surface area contributed by atoms with Gasteiger partial charge in [-0.15, -0.1) is 0 Å². The van der Waals surface area contributed by atoms with Crippen molar-refractivity contribution >= 4 is 32.0 Å². The summed E-state index contributed by atoms with van der Waals surface area (Å²) in [7, 11) is 0. The van der Waals surface area contributed by atoms with E-state index in [0.717, 1.165) is 27.1 Å². The van der Waals surface area contributed by atoms with Gasteiger partial charge in [0.25, 0.3) is 0 Å². The fourth-order valence-corrected chi connectivity index (χ4v) is 2.29. The van der Waals surface area contributed by atoms with Crippen LogP contribution in [0.25, 0.3) is 0 Å². The van der Waals surface area contributed by atoms with Gasteiger partial charge in [0, 0.05) is 0 Å². The normalized spacial score (nSPS) is 7.83. The second-order valence-corrected chi connectivity index (χ2v) is 5.07. The van der Waals surface area contributed by atoms with Crippen LogP contribution in [0.4, 0.5) is 0 Å². The van der Waals surface area contributed by atoms with Crippen molar-refractivity contribution < 1.29 is 29.6 Å². The van der Waals surface area contributed by atoms with E-state index in [1.54, 1.807) is 0 Å². The maximum atomic E-state index is 2.31. The van der Waals surface area contributed by atoms with Gasteiger partial charge >= 0.3 is 94.9 Å². The summed E-state index contributed by atoms with van der Waals surface area (Å²) in [5.74, 6) is 1.86. The molecule has 60 valence electrons. The molecule has 0 heterocycles. The van der Waals surface area contributed by atoms with E-state index in [1.807, 2.05) is 0 Å². The third-order valence-electron chi connectivity index (χ3n) is 1.28. The van der Waals surface area contributed by atoms with Gasteiger partial charge in [0.05, 0.1) is 0 Å². The molecule has 0 aliphatic heterocycles. The first kappa shape index (κ1) is 23.5. The molecule has 0 saturated heterocycles. The molecule has 0 atom stereocenters. The molecule has 0 aromatic heterocycles. The zero-order valence-corrected chi connectivity index (χ0v) is 12.5. The van der Waals surface area contributed by atoms with Crippen LogP contribution in [-0.2, 0) is 0 Å². The maximum absolute atomic E-state index is 2.31. The van der Waals surface area contributed by atoms with Crippen molar-refractivity contribution in [3.05, 3.63) is 0 Å². The first-order chi connectivity index (χ1) is 4.13. The van der Waals surface area contributed by atoms with Crippen molar-refractivity contribution in [2.24, 2.45) is 11.8 Å². The van der Waals surface area contributed by atoms with E-state index < -0.39 is 0 Å². The standard InChI is InChI=1S/2C4H9.Al.2B.Na/c2*1-4(2)3;;;;/h2*4H,1H2,2-3H3;;;;/q;;+1;2*-1;+1. The molecule has 12 heavy (non-hydrogen) atoms. The van der Waals surface area contributed by atoms with E-state index in [4.69, 9.17) is 0 Å². The second kappa shape index (κ2) is 15.1. The molecule has 0 bridgehead atoms. The van der Waals surface area contributed by atoms with E-state index in [-0.39, 0.29) is 46.4 Å². The Morgan fingerprint density at radius 3 is 1.25 bits per heavy atom. The van der Waals surface area contributed by atoms with Crippen LogP contribution in [0.3, 0.4) is 0 Å². The minimum atomic E-state index is 0. The number of hydrogen-bond donors (Lipinski definition) is 0. The van der Waals surface area contributed by atoms with Crippen LogP contribution < -0.4 is 29.6 Å². The van der Waals surface area contributed by atoms with Crippen LogP contribution in [0.2, 0.25) is 10.6 Å². The van der Waals surface area contributed by atoms with Crippen molar-refractivity contribution in [3.63, 3.8) is 0 Å². The average molecular weight is 186 g/mol. The van der Waals surface area contributed by atoms with Crippen LogP contribution in [0.5, 0.6) is 0 Å². The molecule has 8 radical (unpaired) electrons. The molecule has 0 aromatic rings. The van der Waals surface area contributed by atoms with E-state index in [2.05, 4.69) is 27.7 Å². The monoisotopic (exact) mass is 186 g/mol. The average Bonchev–Trinajstić information content (AvgIpc) is 1.63. The van der Waals surface area contributed by atoms with Crippen molar-refractivity contribution in [1.29, 1.82) is 0 Å². The van der Waals surface area contributed by atoms with E-state index in [0.29, 0.717) is 0 Å². The molecule has 0 saturated carbocycles. The Morgan fingerprint density at radius 1 is 0.833 bits per heavy atom. The molecular weight excluding hydrogens is 168 g/mol. The molecular formula is C8H18AlB2Na. The first-order valence-corrected chi connectivity index (χ1v) is 5.58. The molecule has 4 heteroatoms. The Bertz CT molecular complexity index is 62.1. The number of rotatable bonds is 4. The SMILES string of the molecule is CC(C)[CH2][Al+][CH2]C(C)C.[B-].[B-].[Na+]. The largest absolute Gasteiger partial charge is 1.00 e. The van der Waals surface area contributed by atoms with E-state index in [9.17, 15) is 0 Å². The molecule has 0 aromatic carbocycles. The summed E-state index contributed by atoms with van der Waals surface area (Å²) in [6.07, 6.45) is 0. The summed E-state index contributed by atoms with van der Waals surface area (Å²) in [6, 6.07) is 0. The first-order valence-electron chi connectivity index (χ1n) is 3.94. The molecule has 0 fully saturated rings. The van der Waals surface area contributed by atoms with Crippen LogP contribution in [0, 0.1) is 11.8 Å². The predicted molar refractivity (Wildman–Crippen MR) is 56.6 cm³/mol. The summed E-state index contributed by atoms with van der Waals surface area (Å²) in [4.78, 5) is 0. The smallest absolute Gasteiger partial charge is 1.00 e. The van der Waals surface area contributed by atoms with Gasteiger partial charge in [-0.1, -0.05) is 0 Å². The molecule has 0 nitrogen and oxygen atoms in total. The van der Waals surface area contributed by atoms with Gasteiger partial charge in [-0.05, 0) is 0 Å². The number of hydrogen-bond acceptors (Lipinski definition) is 0. The van der Waals surface area contributed by atoms with Gasteiger partial charge in [-0.25, -0.2) is 0 Å². The summed E-state index contributed by atoms with van der Waals surface area (Å²) < 4.78 is 0. The quantitative estimate of drug-likeness (QED) is 0.498. The summed E-state index contributed by atoms with van der Waals surface area (Å²) in [5.41, 5.74) is 0. The van der Waals surface area contributed by atoms with Crippen molar-refractivity contribution in [2.75, 3.05) is 0 Å². The Kier molecular flexibility index (Phi) is 29.6. The van der Waals surface area contributed by atoms with Gasteiger partial charge in [-0.3, -0.25) is 0 Å². The third-order valence-corrected chi connectivity index (χ3v) is 3.83. The molecule has 0 aliphatic rings. The van der Waals surface area contributed by atoms with Crippen molar-refractivity contribution in [1.82, 2.24) is 0 Å². The Hall–Kier alpha value is 1.66. The van der Waals surface area contributed by atoms with E-state index in [1.165, 1.54) is 10.6 Å². The molecule has 0 unspecified atom stereocenters. The Morgan fingerprint density at radius 2 is 1.08 bits per heavy atom. The van der Waals surface area contributed by atoms with Crippen LogP contribution in [0.15, 0.2) is 0 Å². The molecule has 0 N–H and O–H groups in total. The van der Waals surface area contributed by atoms with Gasteiger partial charge in [0.15, 0.2) is 0 Å². The molecule has 0 rings (SSSR count). The molecule has 0 amide bonds. The Balaban J connectivity index is -0.000000107. The Labute approximate surface area is 111 Å². The van der Waals surface area contributed by atoms with Crippen LogP contribution in [-0.4, -0.2) is 32.0 Å². The summed E-state index contributed by atoms with van der Waals surface area (Å²) in [5, 5.41) is 2.97. The molecule has 0 aliphatic carbocycles. The summed E-state index contributed by atoms with van der Waals surface area (Å²) in [6.45, 7) is 9.25. The van der Waals surface area contributed by atoms with Gasteiger partial charge in [0.1, 0.15) is 0 Å².